The van der Waals surface area contributed by atoms with E-state index < -0.39 is 5.97 Å². The zero-order valence-corrected chi connectivity index (χ0v) is 7.31. The van der Waals surface area contributed by atoms with Crippen molar-refractivity contribution < 1.29 is 9.90 Å². The monoisotopic (exact) mass is 180 g/mol. The molecule has 1 N–H and O–H groups in total. The van der Waals surface area contributed by atoms with E-state index in [1.165, 1.54) is 12.8 Å². The van der Waals surface area contributed by atoms with Gasteiger partial charge in [0, 0.05) is 25.5 Å². The molecule has 0 spiro atoms. The molecule has 2 heterocycles. The predicted molar refractivity (Wildman–Crippen MR) is 48.6 cm³/mol. The number of aromatic carboxylic acids is 1. The lowest BCUT2D eigenvalue weighted by Crippen LogP contribution is -2.29. The van der Waals surface area contributed by atoms with Gasteiger partial charge in [0.1, 0.15) is 0 Å². The average Bonchev–Trinajstić information content (AvgIpc) is 2.75. The fourth-order valence-corrected chi connectivity index (χ4v) is 1.62. The van der Waals surface area contributed by atoms with Crippen molar-refractivity contribution in [2.24, 2.45) is 0 Å². The number of carboxylic acids is 1. The van der Waals surface area contributed by atoms with E-state index in [-0.39, 0.29) is 0 Å². The highest BCUT2D eigenvalue weighted by molar-refractivity contribution is 5.87. The van der Waals surface area contributed by atoms with Gasteiger partial charge in [-0.2, -0.15) is 0 Å². The van der Waals surface area contributed by atoms with Crippen LogP contribution in [0.5, 0.6) is 0 Å². The van der Waals surface area contributed by atoms with E-state index in [4.69, 9.17) is 5.11 Å². The molecule has 0 radical (unpaired) electrons. The molecule has 1 aliphatic rings. The Labute approximate surface area is 76.4 Å². The quantitative estimate of drug-likeness (QED) is 0.736. The molecule has 0 amide bonds. The van der Waals surface area contributed by atoms with Gasteiger partial charge in [-0.25, -0.2) is 4.79 Å². The van der Waals surface area contributed by atoms with Crippen LogP contribution in [0.3, 0.4) is 0 Å². The zero-order valence-electron chi connectivity index (χ0n) is 7.31. The van der Waals surface area contributed by atoms with E-state index in [0.717, 1.165) is 13.1 Å². The summed E-state index contributed by atoms with van der Waals surface area (Å²) in [6.07, 6.45) is 5.85. The van der Waals surface area contributed by atoms with Crippen LogP contribution in [-0.4, -0.2) is 28.8 Å². The Morgan fingerprint density at radius 3 is 2.62 bits per heavy atom. The van der Waals surface area contributed by atoms with Crippen molar-refractivity contribution in [2.75, 3.05) is 18.1 Å². The van der Waals surface area contributed by atoms with Gasteiger partial charge in [0.05, 0.1) is 5.56 Å². The SMILES string of the molecule is O=C(O)c1ccn(N2CCCC2)c1. The van der Waals surface area contributed by atoms with Crippen LogP contribution in [0.25, 0.3) is 0 Å². The molecule has 0 unspecified atom stereocenters. The van der Waals surface area contributed by atoms with Crippen LogP contribution in [0.4, 0.5) is 0 Å². The Kier molecular flexibility index (Phi) is 1.96. The van der Waals surface area contributed by atoms with Gasteiger partial charge in [-0.15, -0.1) is 0 Å². The maximum Gasteiger partial charge on any atom is 0.337 e. The van der Waals surface area contributed by atoms with Gasteiger partial charge in [0.2, 0.25) is 0 Å². The highest BCUT2D eigenvalue weighted by atomic mass is 16.4. The molecule has 1 saturated heterocycles. The third-order valence-corrected chi connectivity index (χ3v) is 2.33. The molecular weight excluding hydrogens is 168 g/mol. The molecule has 0 bridgehead atoms. The number of aromatic nitrogens is 1. The fraction of sp³-hybridized carbons (Fsp3) is 0.444. The van der Waals surface area contributed by atoms with Crippen LogP contribution < -0.4 is 5.01 Å². The minimum absolute atomic E-state index is 0.354. The Balaban J connectivity index is 2.16. The third-order valence-electron chi connectivity index (χ3n) is 2.33. The van der Waals surface area contributed by atoms with Crippen molar-refractivity contribution in [3.05, 3.63) is 24.0 Å². The van der Waals surface area contributed by atoms with Crippen LogP contribution in [0.1, 0.15) is 23.2 Å². The van der Waals surface area contributed by atoms with E-state index in [9.17, 15) is 4.79 Å². The number of rotatable bonds is 2. The highest BCUT2D eigenvalue weighted by Crippen LogP contribution is 2.09. The molecule has 1 aromatic rings. The third kappa shape index (κ3) is 1.52. The highest BCUT2D eigenvalue weighted by Gasteiger charge is 2.13. The van der Waals surface area contributed by atoms with Crippen molar-refractivity contribution >= 4 is 5.97 Å². The van der Waals surface area contributed by atoms with Gasteiger partial charge < -0.3 is 10.1 Å². The standard InChI is InChI=1S/C9H12N2O2/c12-9(13)8-3-6-11(7-8)10-4-1-2-5-10/h3,6-7H,1-2,4-5H2,(H,12,13). The van der Waals surface area contributed by atoms with Gasteiger partial charge >= 0.3 is 5.97 Å². The summed E-state index contributed by atoms with van der Waals surface area (Å²) in [6.45, 7) is 2.04. The molecule has 4 heteroatoms. The summed E-state index contributed by atoms with van der Waals surface area (Å²) in [7, 11) is 0. The van der Waals surface area contributed by atoms with Crippen LogP contribution in [0, 0.1) is 0 Å². The van der Waals surface area contributed by atoms with Gasteiger partial charge in [-0.1, -0.05) is 0 Å². The van der Waals surface area contributed by atoms with Crippen LogP contribution >= 0.6 is 0 Å². The molecule has 0 aliphatic carbocycles. The molecule has 2 rings (SSSR count). The Morgan fingerprint density at radius 2 is 2.08 bits per heavy atom. The summed E-state index contributed by atoms with van der Waals surface area (Å²) in [5.74, 6) is -0.863. The lowest BCUT2D eigenvalue weighted by molar-refractivity contribution is 0.0697. The van der Waals surface area contributed by atoms with Gasteiger partial charge in [0.25, 0.3) is 0 Å². The Morgan fingerprint density at radius 1 is 1.38 bits per heavy atom. The molecule has 1 aromatic heterocycles. The van der Waals surface area contributed by atoms with Crippen LogP contribution in [0.15, 0.2) is 18.5 Å². The first kappa shape index (κ1) is 8.16. The first-order valence-electron chi connectivity index (χ1n) is 4.44. The first-order chi connectivity index (χ1) is 6.27. The Hall–Kier alpha value is -1.45. The molecule has 70 valence electrons. The van der Waals surface area contributed by atoms with Gasteiger partial charge in [0.15, 0.2) is 0 Å². The van der Waals surface area contributed by atoms with E-state index in [2.05, 4.69) is 5.01 Å². The molecule has 1 aliphatic heterocycles. The smallest absolute Gasteiger partial charge is 0.337 e. The summed E-state index contributed by atoms with van der Waals surface area (Å²) in [5, 5.41) is 10.9. The molecular formula is C9H12N2O2. The summed E-state index contributed by atoms with van der Waals surface area (Å²) in [6, 6.07) is 1.63. The Bertz CT molecular complexity index is 313. The lowest BCUT2D eigenvalue weighted by atomic mass is 10.4. The van der Waals surface area contributed by atoms with Crippen LogP contribution in [-0.2, 0) is 0 Å². The second kappa shape index (κ2) is 3.12. The maximum atomic E-state index is 10.6. The van der Waals surface area contributed by atoms with Gasteiger partial charge in [-0.3, -0.25) is 4.68 Å². The van der Waals surface area contributed by atoms with Crippen molar-refractivity contribution in [3.8, 4) is 0 Å². The van der Waals surface area contributed by atoms with Crippen molar-refractivity contribution in [3.63, 3.8) is 0 Å². The average molecular weight is 180 g/mol. The number of hydrogen-bond acceptors (Lipinski definition) is 2. The maximum absolute atomic E-state index is 10.6. The molecule has 1 fully saturated rings. The van der Waals surface area contributed by atoms with Crippen LogP contribution in [0.2, 0.25) is 0 Å². The summed E-state index contributed by atoms with van der Waals surface area (Å²) in [4.78, 5) is 10.6. The summed E-state index contributed by atoms with van der Waals surface area (Å²) in [5.41, 5.74) is 0.354. The number of nitrogens with zero attached hydrogens (tertiary/aromatic N) is 2. The minimum Gasteiger partial charge on any atom is -0.478 e. The van der Waals surface area contributed by atoms with Gasteiger partial charge in [-0.05, 0) is 18.9 Å². The second-order valence-corrected chi connectivity index (χ2v) is 3.25. The molecule has 0 atom stereocenters. The number of carbonyl (C=O) groups is 1. The first-order valence-corrected chi connectivity index (χ1v) is 4.44. The largest absolute Gasteiger partial charge is 0.478 e. The van der Waals surface area contributed by atoms with Crippen molar-refractivity contribution in [1.29, 1.82) is 0 Å². The molecule has 13 heavy (non-hydrogen) atoms. The van der Waals surface area contributed by atoms with E-state index in [1.54, 1.807) is 18.5 Å². The van der Waals surface area contributed by atoms with Crippen molar-refractivity contribution in [2.45, 2.75) is 12.8 Å². The number of hydrogen-bond donors (Lipinski definition) is 1. The molecule has 0 aromatic carbocycles. The predicted octanol–water partition coefficient (Wildman–Crippen LogP) is 0.918. The van der Waals surface area contributed by atoms with E-state index in [0.29, 0.717) is 5.56 Å². The number of carboxylic acid groups (broad SMARTS) is 1. The molecule has 0 saturated carbocycles. The summed E-state index contributed by atoms with van der Waals surface area (Å²) >= 11 is 0. The topological polar surface area (TPSA) is 45.5 Å². The van der Waals surface area contributed by atoms with E-state index >= 15 is 0 Å². The summed E-state index contributed by atoms with van der Waals surface area (Å²) < 4.78 is 1.87. The lowest BCUT2D eigenvalue weighted by Gasteiger charge is -2.18. The minimum atomic E-state index is -0.863. The zero-order chi connectivity index (χ0) is 9.26. The fourth-order valence-electron chi connectivity index (χ4n) is 1.62. The van der Waals surface area contributed by atoms with E-state index in [1.807, 2.05) is 4.68 Å². The second-order valence-electron chi connectivity index (χ2n) is 3.25. The molecule has 4 nitrogen and oxygen atoms in total. The van der Waals surface area contributed by atoms with Crippen molar-refractivity contribution in [1.82, 2.24) is 4.68 Å². The normalized spacial score (nSPS) is 16.5.